The highest BCUT2D eigenvalue weighted by Crippen LogP contribution is 2.18. The van der Waals surface area contributed by atoms with Gasteiger partial charge in [-0.3, -0.25) is 19.5 Å². The number of amides is 2. The summed E-state index contributed by atoms with van der Waals surface area (Å²) in [7, 11) is 1.22. The van der Waals surface area contributed by atoms with Gasteiger partial charge in [-0.25, -0.2) is 4.79 Å². The third kappa shape index (κ3) is 3.70. The highest BCUT2D eigenvalue weighted by Gasteiger charge is 2.36. The Kier molecular flexibility index (Phi) is 5.12. The normalized spacial score (nSPS) is 14.2. The molecule has 3 heterocycles. The predicted octanol–water partition coefficient (Wildman–Crippen LogP) is 0.733. The van der Waals surface area contributed by atoms with Crippen molar-refractivity contribution in [1.82, 2.24) is 30.1 Å². The average Bonchev–Trinajstić information content (AvgIpc) is 3.40. The van der Waals surface area contributed by atoms with Crippen LogP contribution < -0.4 is 0 Å². The van der Waals surface area contributed by atoms with Crippen LogP contribution >= 0.6 is 0 Å². The Hall–Kier alpha value is -4.21. The Morgan fingerprint density at radius 2 is 1.70 bits per heavy atom. The highest BCUT2D eigenvalue weighted by atomic mass is 16.5. The van der Waals surface area contributed by atoms with E-state index in [9.17, 15) is 14.4 Å². The zero-order valence-corrected chi connectivity index (χ0v) is 15.9. The van der Waals surface area contributed by atoms with E-state index in [1.165, 1.54) is 11.9 Å². The number of methoxy groups -OCH3 is 1. The number of hydrogen-bond acceptors (Lipinski definition) is 8. The van der Waals surface area contributed by atoms with Gasteiger partial charge in [0.05, 0.1) is 12.8 Å². The first-order valence-corrected chi connectivity index (χ1v) is 8.99. The molecule has 10 heteroatoms. The number of pyridine rings is 1. The molecule has 0 aliphatic carbocycles. The second-order valence-corrected chi connectivity index (χ2v) is 6.43. The lowest BCUT2D eigenvalue weighted by Gasteiger charge is -2.23. The van der Waals surface area contributed by atoms with Crippen molar-refractivity contribution in [2.75, 3.05) is 7.11 Å². The molecule has 0 radical (unpaired) electrons. The average molecular weight is 404 g/mol. The zero-order valence-electron chi connectivity index (χ0n) is 15.9. The van der Waals surface area contributed by atoms with Gasteiger partial charge < -0.3 is 4.74 Å². The van der Waals surface area contributed by atoms with Gasteiger partial charge in [0.15, 0.2) is 0 Å². The molecule has 1 aromatic carbocycles. The number of benzene rings is 1. The molecule has 0 spiro atoms. The standard InChI is InChI=1S/C20H16N6O4/c1-30-20(29)16(25-17(27)6-7-18(25)28)12-13-2-4-15(5-3-13)26-23-19(22-24-26)14-8-10-21-11-9-14/h2-11,16H,12H2,1H3/t16-/m0/s1. The predicted molar refractivity (Wildman–Crippen MR) is 103 cm³/mol. The van der Waals surface area contributed by atoms with Crippen LogP contribution in [0.15, 0.2) is 60.9 Å². The maximum absolute atomic E-state index is 12.2. The fraction of sp³-hybridized carbons (Fsp3) is 0.150. The molecule has 30 heavy (non-hydrogen) atoms. The molecule has 0 saturated heterocycles. The number of carbonyl (C=O) groups is 3. The molecule has 0 saturated carbocycles. The van der Waals surface area contributed by atoms with E-state index >= 15 is 0 Å². The van der Waals surface area contributed by atoms with Gasteiger partial charge in [-0.2, -0.15) is 0 Å². The Balaban J connectivity index is 1.53. The molecule has 0 unspecified atom stereocenters. The number of ether oxygens (including phenoxy) is 1. The van der Waals surface area contributed by atoms with Crippen LogP contribution in [0.2, 0.25) is 0 Å². The van der Waals surface area contributed by atoms with Crippen LogP contribution in [0.1, 0.15) is 5.56 Å². The summed E-state index contributed by atoms with van der Waals surface area (Å²) in [5.74, 6) is -1.28. The SMILES string of the molecule is COC(=O)[C@H](Cc1ccc(-n2nnc(-c3ccncc3)n2)cc1)N1C(=O)C=CC1=O. The van der Waals surface area contributed by atoms with Gasteiger partial charge in [-0.1, -0.05) is 12.1 Å². The van der Waals surface area contributed by atoms with Gasteiger partial charge in [0.25, 0.3) is 11.8 Å². The van der Waals surface area contributed by atoms with Crippen LogP contribution in [0.3, 0.4) is 0 Å². The summed E-state index contributed by atoms with van der Waals surface area (Å²) in [6, 6.07) is 9.57. The summed E-state index contributed by atoms with van der Waals surface area (Å²) in [5, 5.41) is 12.4. The molecule has 1 aliphatic heterocycles. The summed E-state index contributed by atoms with van der Waals surface area (Å²) >= 11 is 0. The maximum atomic E-state index is 12.2. The van der Waals surface area contributed by atoms with E-state index in [1.54, 1.807) is 48.8 Å². The molecular formula is C20H16N6O4. The van der Waals surface area contributed by atoms with Crippen molar-refractivity contribution in [3.05, 3.63) is 66.5 Å². The van der Waals surface area contributed by atoms with Crippen LogP contribution in [0.4, 0.5) is 0 Å². The molecule has 4 rings (SSSR count). The molecule has 1 aliphatic rings. The molecular weight excluding hydrogens is 388 g/mol. The van der Waals surface area contributed by atoms with Gasteiger partial charge in [0.1, 0.15) is 6.04 Å². The number of rotatable bonds is 6. The number of imide groups is 1. The van der Waals surface area contributed by atoms with Crippen molar-refractivity contribution in [1.29, 1.82) is 0 Å². The van der Waals surface area contributed by atoms with Crippen molar-refractivity contribution < 1.29 is 19.1 Å². The van der Waals surface area contributed by atoms with E-state index in [1.807, 2.05) is 0 Å². The van der Waals surface area contributed by atoms with Crippen LogP contribution in [-0.4, -0.2) is 61.0 Å². The molecule has 1 atom stereocenters. The summed E-state index contributed by atoms with van der Waals surface area (Å²) in [6.07, 6.45) is 5.69. The molecule has 0 bridgehead atoms. The van der Waals surface area contributed by atoms with Crippen molar-refractivity contribution in [3.63, 3.8) is 0 Å². The van der Waals surface area contributed by atoms with Crippen molar-refractivity contribution in [3.8, 4) is 17.1 Å². The maximum Gasteiger partial charge on any atom is 0.329 e. The first-order chi connectivity index (χ1) is 14.6. The van der Waals surface area contributed by atoms with Crippen molar-refractivity contribution in [2.24, 2.45) is 0 Å². The number of tetrazole rings is 1. The van der Waals surface area contributed by atoms with Gasteiger partial charge in [0, 0.05) is 36.5 Å². The highest BCUT2D eigenvalue weighted by molar-refractivity contribution is 6.14. The monoisotopic (exact) mass is 404 g/mol. The van der Waals surface area contributed by atoms with E-state index in [0.29, 0.717) is 11.5 Å². The lowest BCUT2D eigenvalue weighted by molar-refractivity contribution is -0.155. The largest absolute Gasteiger partial charge is 0.467 e. The Bertz CT molecular complexity index is 1110. The third-order valence-corrected chi connectivity index (χ3v) is 4.58. The summed E-state index contributed by atoms with van der Waals surface area (Å²) in [5.41, 5.74) is 2.19. The van der Waals surface area contributed by atoms with Crippen LogP contribution in [-0.2, 0) is 25.5 Å². The minimum absolute atomic E-state index is 0.124. The quantitative estimate of drug-likeness (QED) is 0.436. The second-order valence-electron chi connectivity index (χ2n) is 6.43. The van der Waals surface area contributed by atoms with Crippen molar-refractivity contribution in [2.45, 2.75) is 12.5 Å². The number of esters is 1. The van der Waals surface area contributed by atoms with E-state index in [4.69, 9.17) is 4.74 Å². The van der Waals surface area contributed by atoms with E-state index in [2.05, 4.69) is 20.4 Å². The smallest absolute Gasteiger partial charge is 0.329 e. The number of hydrogen-bond donors (Lipinski definition) is 0. The Labute approximate surface area is 170 Å². The minimum Gasteiger partial charge on any atom is -0.467 e. The molecule has 2 aromatic heterocycles. The topological polar surface area (TPSA) is 120 Å². The second kappa shape index (κ2) is 8.03. The van der Waals surface area contributed by atoms with Gasteiger partial charge >= 0.3 is 5.97 Å². The van der Waals surface area contributed by atoms with E-state index < -0.39 is 23.8 Å². The first-order valence-electron chi connectivity index (χ1n) is 8.99. The number of aromatic nitrogens is 5. The third-order valence-electron chi connectivity index (χ3n) is 4.58. The van der Waals surface area contributed by atoms with Crippen molar-refractivity contribution >= 4 is 17.8 Å². The van der Waals surface area contributed by atoms with Crippen LogP contribution in [0.25, 0.3) is 17.1 Å². The summed E-state index contributed by atoms with van der Waals surface area (Å²) < 4.78 is 4.78. The van der Waals surface area contributed by atoms with Gasteiger partial charge in [0.2, 0.25) is 5.82 Å². The lowest BCUT2D eigenvalue weighted by Crippen LogP contribution is -2.46. The fourth-order valence-electron chi connectivity index (χ4n) is 3.06. The lowest BCUT2D eigenvalue weighted by atomic mass is 10.0. The molecule has 150 valence electrons. The van der Waals surface area contributed by atoms with Crippen LogP contribution in [0.5, 0.6) is 0 Å². The Morgan fingerprint density at radius 1 is 1.03 bits per heavy atom. The number of nitrogens with zero attached hydrogens (tertiary/aromatic N) is 6. The molecule has 0 N–H and O–H groups in total. The van der Waals surface area contributed by atoms with E-state index in [-0.39, 0.29) is 6.42 Å². The Morgan fingerprint density at radius 3 is 2.33 bits per heavy atom. The van der Waals surface area contributed by atoms with Crippen LogP contribution in [0, 0.1) is 0 Å². The summed E-state index contributed by atoms with van der Waals surface area (Å²) in [4.78, 5) is 42.4. The zero-order chi connectivity index (χ0) is 21.1. The number of carbonyl (C=O) groups excluding carboxylic acids is 3. The first kappa shape index (κ1) is 19.1. The summed E-state index contributed by atoms with van der Waals surface area (Å²) in [6.45, 7) is 0. The van der Waals surface area contributed by atoms with Gasteiger partial charge in [-0.05, 0) is 35.0 Å². The minimum atomic E-state index is -1.04. The molecule has 3 aromatic rings. The molecule has 0 fully saturated rings. The fourth-order valence-corrected chi connectivity index (χ4v) is 3.06. The van der Waals surface area contributed by atoms with E-state index in [0.717, 1.165) is 28.2 Å². The van der Waals surface area contributed by atoms with Gasteiger partial charge in [-0.15, -0.1) is 15.0 Å². The molecule has 2 amide bonds. The molecule has 10 nitrogen and oxygen atoms in total.